The first-order valence-corrected chi connectivity index (χ1v) is 7.88. The second-order valence-electron chi connectivity index (χ2n) is 5.51. The zero-order chi connectivity index (χ0) is 16.3. The molecule has 118 valence electrons. The highest BCUT2D eigenvalue weighted by Gasteiger charge is 2.14. The van der Waals surface area contributed by atoms with Crippen LogP contribution in [0.5, 0.6) is 0 Å². The van der Waals surface area contributed by atoms with E-state index in [9.17, 15) is 9.59 Å². The highest BCUT2D eigenvalue weighted by Crippen LogP contribution is 2.27. The van der Waals surface area contributed by atoms with Gasteiger partial charge in [-0.2, -0.15) is 0 Å². The fraction of sp³-hybridized carbons (Fsp3) is 0.375. The highest BCUT2D eigenvalue weighted by molar-refractivity contribution is 7.09. The van der Waals surface area contributed by atoms with Gasteiger partial charge < -0.3 is 15.0 Å². The van der Waals surface area contributed by atoms with Gasteiger partial charge in [-0.15, -0.1) is 0 Å². The van der Waals surface area contributed by atoms with E-state index in [0.29, 0.717) is 13.1 Å². The molecule has 22 heavy (non-hydrogen) atoms. The van der Waals surface area contributed by atoms with Gasteiger partial charge >= 0.3 is 10.8 Å². The molecule has 2 N–H and O–H groups in total. The van der Waals surface area contributed by atoms with Gasteiger partial charge in [-0.05, 0) is 26.5 Å². The molecular weight excluding hydrogens is 300 g/mol. The number of nitrogens with zero attached hydrogens (tertiary/aromatic N) is 1. The summed E-state index contributed by atoms with van der Waals surface area (Å²) in [6, 6.07) is 6.13. The summed E-state index contributed by atoms with van der Waals surface area (Å²) in [6.07, 6.45) is 0.0920. The summed E-state index contributed by atoms with van der Waals surface area (Å²) in [5.74, 6) is -0.816. The smallest absolute Gasteiger partial charge is 0.305 e. The van der Waals surface area contributed by atoms with E-state index in [0.717, 1.165) is 21.7 Å². The fourth-order valence-electron chi connectivity index (χ4n) is 2.39. The van der Waals surface area contributed by atoms with Crippen LogP contribution in [0.3, 0.4) is 0 Å². The van der Waals surface area contributed by atoms with Gasteiger partial charge in [0.1, 0.15) is 0 Å². The third-order valence-corrected chi connectivity index (χ3v) is 4.36. The van der Waals surface area contributed by atoms with E-state index >= 15 is 0 Å². The average molecular weight is 320 g/mol. The van der Waals surface area contributed by atoms with Gasteiger partial charge in [0.15, 0.2) is 0 Å². The van der Waals surface area contributed by atoms with E-state index < -0.39 is 5.97 Å². The van der Waals surface area contributed by atoms with E-state index in [-0.39, 0.29) is 11.3 Å². The molecule has 6 heteroatoms. The van der Waals surface area contributed by atoms with Crippen molar-refractivity contribution in [3.05, 3.63) is 43.9 Å². The van der Waals surface area contributed by atoms with Crippen LogP contribution >= 0.6 is 11.3 Å². The quantitative estimate of drug-likeness (QED) is 0.858. The molecular formula is C16H20N2O3S. The number of carboxylic acids is 1. The van der Waals surface area contributed by atoms with Gasteiger partial charge in [0.2, 0.25) is 0 Å². The summed E-state index contributed by atoms with van der Waals surface area (Å²) in [5, 5.41) is 8.75. The van der Waals surface area contributed by atoms with Crippen molar-refractivity contribution in [1.29, 1.82) is 0 Å². The number of aliphatic carboxylic acids is 1. The normalized spacial score (nSPS) is 11.1. The van der Waals surface area contributed by atoms with Crippen molar-refractivity contribution in [3.63, 3.8) is 0 Å². The lowest BCUT2D eigenvalue weighted by Crippen LogP contribution is -2.21. The van der Waals surface area contributed by atoms with Crippen molar-refractivity contribution < 1.29 is 9.90 Å². The van der Waals surface area contributed by atoms with Crippen molar-refractivity contribution in [2.24, 2.45) is 0 Å². The zero-order valence-corrected chi connectivity index (χ0v) is 13.8. The van der Waals surface area contributed by atoms with Gasteiger partial charge in [0.25, 0.3) is 0 Å². The summed E-state index contributed by atoms with van der Waals surface area (Å²) < 4.78 is 0. The third kappa shape index (κ3) is 4.05. The molecule has 0 fully saturated rings. The number of aromatic nitrogens is 1. The first-order valence-electron chi connectivity index (χ1n) is 7.06. The molecule has 2 rings (SSSR count). The van der Waals surface area contributed by atoms with Crippen molar-refractivity contribution in [1.82, 2.24) is 9.88 Å². The molecule has 1 aromatic carbocycles. The molecule has 0 bridgehead atoms. The molecule has 0 aliphatic rings. The number of benzene rings is 1. The molecule has 0 radical (unpaired) electrons. The summed E-state index contributed by atoms with van der Waals surface area (Å²) in [7, 11) is 1.86. The van der Waals surface area contributed by atoms with Crippen molar-refractivity contribution >= 4 is 17.3 Å². The van der Waals surface area contributed by atoms with Crippen molar-refractivity contribution in [2.45, 2.75) is 26.8 Å². The van der Waals surface area contributed by atoms with Crippen LogP contribution < -0.4 is 4.87 Å². The van der Waals surface area contributed by atoms with Crippen LogP contribution in [0, 0.1) is 13.8 Å². The molecule has 0 unspecified atom stereocenters. The Kier molecular flexibility index (Phi) is 5.15. The standard InChI is InChI=1S/C16H20N2O3S/c1-10-4-5-12(11(2)8-10)15-13(22-16(21)17-15)9-18(3)7-6-14(19)20/h4-5,8H,6-7,9H2,1-3H3,(H,17,21)(H,19,20). The van der Waals surface area contributed by atoms with Crippen LogP contribution in [0.15, 0.2) is 23.0 Å². The van der Waals surface area contributed by atoms with Gasteiger partial charge in [0, 0.05) is 23.5 Å². The van der Waals surface area contributed by atoms with Gasteiger partial charge in [-0.25, -0.2) is 0 Å². The van der Waals surface area contributed by atoms with E-state index in [1.807, 2.05) is 37.9 Å². The second kappa shape index (κ2) is 6.89. The van der Waals surface area contributed by atoms with Crippen LogP contribution in [0.2, 0.25) is 0 Å². The number of rotatable bonds is 6. The van der Waals surface area contributed by atoms with Crippen LogP contribution in [0.25, 0.3) is 11.3 Å². The zero-order valence-electron chi connectivity index (χ0n) is 13.0. The first kappa shape index (κ1) is 16.5. The van der Waals surface area contributed by atoms with Gasteiger partial charge in [-0.1, -0.05) is 35.1 Å². The maximum absolute atomic E-state index is 11.8. The van der Waals surface area contributed by atoms with Crippen LogP contribution in [-0.4, -0.2) is 34.6 Å². The molecule has 5 nitrogen and oxygen atoms in total. The number of thiazole rings is 1. The van der Waals surface area contributed by atoms with E-state index in [1.54, 1.807) is 0 Å². The minimum atomic E-state index is -0.816. The number of hydrogen-bond donors (Lipinski definition) is 2. The summed E-state index contributed by atoms with van der Waals surface area (Å²) in [6.45, 7) is 5.07. The van der Waals surface area contributed by atoms with Crippen LogP contribution in [-0.2, 0) is 11.3 Å². The average Bonchev–Trinajstić information content (AvgIpc) is 2.77. The van der Waals surface area contributed by atoms with Crippen molar-refractivity contribution in [3.8, 4) is 11.3 Å². The fourth-order valence-corrected chi connectivity index (χ4v) is 3.32. The molecule has 0 amide bonds. The van der Waals surface area contributed by atoms with E-state index in [1.165, 1.54) is 16.9 Å². The monoisotopic (exact) mass is 320 g/mol. The number of carboxylic acid groups (broad SMARTS) is 1. The maximum atomic E-state index is 11.8. The van der Waals surface area contributed by atoms with Crippen molar-refractivity contribution in [2.75, 3.05) is 13.6 Å². The number of nitrogens with one attached hydrogen (secondary N) is 1. The van der Waals surface area contributed by atoms with Gasteiger partial charge in [-0.3, -0.25) is 9.59 Å². The number of H-pyrrole nitrogens is 1. The molecule has 0 atom stereocenters. The lowest BCUT2D eigenvalue weighted by atomic mass is 10.0. The minimum absolute atomic E-state index is 0.0865. The lowest BCUT2D eigenvalue weighted by Gasteiger charge is -2.15. The summed E-state index contributed by atoms with van der Waals surface area (Å²) >= 11 is 1.18. The second-order valence-corrected chi connectivity index (χ2v) is 6.58. The largest absolute Gasteiger partial charge is 0.481 e. The lowest BCUT2D eigenvalue weighted by molar-refractivity contribution is -0.137. The molecule has 1 heterocycles. The Labute approximate surface area is 133 Å². The Morgan fingerprint density at radius 2 is 2.09 bits per heavy atom. The number of hydrogen-bond acceptors (Lipinski definition) is 4. The molecule has 2 aromatic rings. The minimum Gasteiger partial charge on any atom is -0.481 e. The molecule has 0 aliphatic heterocycles. The molecule has 1 aromatic heterocycles. The third-order valence-electron chi connectivity index (χ3n) is 3.49. The van der Waals surface area contributed by atoms with E-state index in [2.05, 4.69) is 11.1 Å². The Morgan fingerprint density at radius 3 is 2.73 bits per heavy atom. The predicted octanol–water partition coefficient (Wildman–Crippen LogP) is 2.63. The number of aromatic amines is 1. The Hall–Kier alpha value is -1.92. The Morgan fingerprint density at radius 1 is 1.36 bits per heavy atom. The topological polar surface area (TPSA) is 73.4 Å². The number of aryl methyl sites for hydroxylation is 2. The van der Waals surface area contributed by atoms with Crippen LogP contribution in [0.4, 0.5) is 0 Å². The SMILES string of the molecule is Cc1ccc(-c2[nH]c(=O)sc2CN(C)CCC(=O)O)c(C)c1. The van der Waals surface area contributed by atoms with Crippen LogP contribution in [0.1, 0.15) is 22.4 Å². The molecule has 0 saturated carbocycles. The number of carbonyl (C=O) groups is 1. The molecule has 0 spiro atoms. The summed E-state index contributed by atoms with van der Waals surface area (Å²) in [4.78, 5) is 28.1. The Balaban J connectivity index is 2.27. The Bertz CT molecular complexity index is 733. The first-order chi connectivity index (χ1) is 10.4. The van der Waals surface area contributed by atoms with Gasteiger partial charge in [0.05, 0.1) is 12.1 Å². The maximum Gasteiger partial charge on any atom is 0.305 e. The molecule has 0 aliphatic carbocycles. The predicted molar refractivity (Wildman–Crippen MR) is 88.4 cm³/mol. The van der Waals surface area contributed by atoms with E-state index in [4.69, 9.17) is 5.11 Å². The molecule has 0 saturated heterocycles. The highest BCUT2D eigenvalue weighted by atomic mass is 32.1. The summed E-state index contributed by atoms with van der Waals surface area (Å²) in [5.41, 5.74) is 4.16.